The molecule has 39 heavy (non-hydrogen) atoms. The summed E-state index contributed by atoms with van der Waals surface area (Å²) in [4.78, 5) is 33.4. The molecule has 4 aromatic rings. The van der Waals surface area contributed by atoms with Crippen LogP contribution in [-0.2, 0) is 19.2 Å². The highest BCUT2D eigenvalue weighted by Crippen LogP contribution is 1.81. The van der Waals surface area contributed by atoms with E-state index in [1.54, 1.807) is 0 Å². The van der Waals surface area contributed by atoms with Gasteiger partial charge in [0.25, 0.3) is 0 Å². The minimum atomic E-state index is 0. The molecule has 4 aromatic carbocycles. The predicted molar refractivity (Wildman–Crippen MR) is 160 cm³/mol. The summed E-state index contributed by atoms with van der Waals surface area (Å²) in [5.41, 5.74) is 0. The number of isocyanates is 4. The van der Waals surface area contributed by atoms with Crippen molar-refractivity contribution in [2.45, 2.75) is 22.3 Å². The number of carbonyl (C=O) groups excluding carboxylic acids is 4. The molecular weight excluding hydrogens is 492 g/mol. The zero-order valence-corrected chi connectivity index (χ0v) is 19.5. The highest BCUT2D eigenvalue weighted by atomic mass is 16.1. The number of benzene rings is 4. The van der Waals surface area contributed by atoms with Crippen LogP contribution in [0.25, 0.3) is 0 Å². The van der Waals surface area contributed by atoms with Gasteiger partial charge >= 0.3 is 0 Å². The van der Waals surface area contributed by atoms with E-state index in [-0.39, 0.29) is 22.3 Å². The van der Waals surface area contributed by atoms with Gasteiger partial charge in [0.05, 0.1) is 0 Å². The van der Waals surface area contributed by atoms with E-state index >= 15 is 0 Å². The fourth-order valence-corrected chi connectivity index (χ4v) is 1.54. The molecule has 0 radical (unpaired) electrons. The van der Waals surface area contributed by atoms with Crippen molar-refractivity contribution in [3.63, 3.8) is 0 Å². The molecular formula is C31H40N4O4. The monoisotopic (exact) mass is 532 g/mol. The van der Waals surface area contributed by atoms with Crippen molar-refractivity contribution < 1.29 is 19.2 Å². The van der Waals surface area contributed by atoms with Gasteiger partial charge in [-0.1, -0.05) is 168 Å². The molecule has 0 fully saturated rings. The molecule has 4 rings (SSSR count). The van der Waals surface area contributed by atoms with Gasteiger partial charge in [-0.15, -0.1) is 0 Å². The molecule has 208 valence electrons. The SMILES string of the molecule is C.C.C.N=C=O.N=C=O.N=C=O.N=C=O.c1ccccc1.c1ccccc1.c1ccccc1.c1ccccc1. The first kappa shape index (κ1) is 50.3. The van der Waals surface area contributed by atoms with E-state index in [9.17, 15) is 0 Å². The molecule has 0 saturated carbocycles. The predicted octanol–water partition coefficient (Wildman–Crippen LogP) is 8.26. The number of hydrogen-bond donors (Lipinski definition) is 4. The third-order valence-corrected chi connectivity index (χ3v) is 2.67. The molecule has 0 spiro atoms. The zero-order chi connectivity index (χ0) is 27.8. The van der Waals surface area contributed by atoms with E-state index in [0.717, 1.165) is 24.3 Å². The van der Waals surface area contributed by atoms with E-state index in [0.29, 0.717) is 0 Å². The van der Waals surface area contributed by atoms with Gasteiger partial charge in [0, 0.05) is 0 Å². The summed E-state index contributed by atoms with van der Waals surface area (Å²) >= 11 is 0. The van der Waals surface area contributed by atoms with Gasteiger partial charge in [0.2, 0.25) is 24.3 Å². The van der Waals surface area contributed by atoms with Gasteiger partial charge in [-0.2, -0.15) is 0 Å². The maximum atomic E-state index is 8.35. The lowest BCUT2D eigenvalue weighted by atomic mass is 10.4. The molecule has 0 aliphatic rings. The molecule has 0 bridgehead atoms. The summed E-state index contributed by atoms with van der Waals surface area (Å²) in [5, 5.41) is 21.6. The molecule has 0 heterocycles. The maximum absolute atomic E-state index is 8.35. The molecule has 0 aliphatic heterocycles. The normalized spacial score (nSPS) is 5.74. The van der Waals surface area contributed by atoms with Gasteiger partial charge in [-0.3, -0.25) is 0 Å². The van der Waals surface area contributed by atoms with E-state index in [1.807, 2.05) is 146 Å². The topological polar surface area (TPSA) is 164 Å². The van der Waals surface area contributed by atoms with Crippen LogP contribution in [-0.4, -0.2) is 24.3 Å². The quantitative estimate of drug-likeness (QED) is 0.132. The second-order valence-corrected chi connectivity index (χ2v) is 5.03. The van der Waals surface area contributed by atoms with Crippen molar-refractivity contribution in [2.75, 3.05) is 0 Å². The minimum Gasteiger partial charge on any atom is -0.222 e. The van der Waals surface area contributed by atoms with E-state index in [4.69, 9.17) is 40.8 Å². The Kier molecular flexibility index (Phi) is 82.1. The highest BCUT2D eigenvalue weighted by Gasteiger charge is 1.59. The van der Waals surface area contributed by atoms with Gasteiger partial charge in [0.15, 0.2) is 0 Å². The molecule has 0 amide bonds. The summed E-state index contributed by atoms with van der Waals surface area (Å²) in [5.74, 6) is 0. The Hall–Kier alpha value is -5.60. The lowest BCUT2D eigenvalue weighted by Gasteiger charge is -1.69. The van der Waals surface area contributed by atoms with Gasteiger partial charge in [-0.05, 0) is 0 Å². The van der Waals surface area contributed by atoms with Crippen molar-refractivity contribution in [3.8, 4) is 0 Å². The summed E-state index contributed by atoms with van der Waals surface area (Å²) < 4.78 is 0. The lowest BCUT2D eigenvalue weighted by Crippen LogP contribution is -1.47. The van der Waals surface area contributed by atoms with E-state index in [2.05, 4.69) is 0 Å². The summed E-state index contributed by atoms with van der Waals surface area (Å²) in [6.07, 6.45) is 3.00. The van der Waals surface area contributed by atoms with E-state index in [1.165, 1.54) is 0 Å². The molecule has 4 N–H and O–H groups in total. The first-order valence-corrected chi connectivity index (χ1v) is 9.82. The standard InChI is InChI=1S/4C6H6.4CHNO.3CH4/c4*1-2-4-6-5-3-1;4*2-1-3;;;/h4*1-6H;4*2H;3*1H4. The Bertz CT molecular complexity index is 730. The van der Waals surface area contributed by atoms with Crippen molar-refractivity contribution in [1.82, 2.24) is 0 Å². The molecule has 0 aliphatic carbocycles. The van der Waals surface area contributed by atoms with Crippen LogP contribution in [0.3, 0.4) is 0 Å². The largest absolute Gasteiger partial charge is 0.231 e. The summed E-state index contributed by atoms with van der Waals surface area (Å²) in [7, 11) is 0. The lowest BCUT2D eigenvalue weighted by molar-refractivity contribution is 0.562. The van der Waals surface area contributed by atoms with Gasteiger partial charge in [-0.25, -0.2) is 40.8 Å². The summed E-state index contributed by atoms with van der Waals surface area (Å²) in [6, 6.07) is 48.0. The van der Waals surface area contributed by atoms with Crippen LogP contribution < -0.4 is 0 Å². The molecule has 0 aromatic heterocycles. The Morgan fingerprint density at radius 1 is 0.231 bits per heavy atom. The fraction of sp³-hybridized carbons (Fsp3) is 0.0968. The van der Waals surface area contributed by atoms with Gasteiger partial charge in [0.1, 0.15) is 0 Å². The number of rotatable bonds is 0. The Labute approximate surface area is 233 Å². The second-order valence-electron chi connectivity index (χ2n) is 5.03. The highest BCUT2D eigenvalue weighted by molar-refractivity contribution is 5.27. The van der Waals surface area contributed by atoms with Crippen LogP contribution in [0.2, 0.25) is 0 Å². The second kappa shape index (κ2) is 63.7. The van der Waals surface area contributed by atoms with Crippen LogP contribution in [0, 0.1) is 21.6 Å². The molecule has 0 unspecified atom stereocenters. The average Bonchev–Trinajstić information content (AvgIpc) is 2.95. The zero-order valence-electron chi connectivity index (χ0n) is 19.5. The summed E-state index contributed by atoms with van der Waals surface area (Å²) in [6.45, 7) is 0. The first-order valence-electron chi connectivity index (χ1n) is 9.82. The van der Waals surface area contributed by atoms with Crippen LogP contribution in [0.5, 0.6) is 0 Å². The van der Waals surface area contributed by atoms with Crippen molar-refractivity contribution in [1.29, 1.82) is 21.6 Å². The Balaban J connectivity index is -0.0000000608. The molecule has 0 saturated heterocycles. The molecule has 8 nitrogen and oxygen atoms in total. The first-order chi connectivity index (χ1) is 17.7. The van der Waals surface area contributed by atoms with Crippen LogP contribution in [0.15, 0.2) is 146 Å². The minimum absolute atomic E-state index is 0. The number of nitrogens with one attached hydrogen (secondary N) is 4. The molecule has 8 heteroatoms. The van der Waals surface area contributed by atoms with Crippen molar-refractivity contribution >= 4 is 24.3 Å². The van der Waals surface area contributed by atoms with Crippen molar-refractivity contribution in [3.05, 3.63) is 146 Å². The Morgan fingerprint density at radius 3 is 0.282 bits per heavy atom. The smallest absolute Gasteiger partial charge is 0.222 e. The number of hydrogen-bond acceptors (Lipinski definition) is 8. The third-order valence-electron chi connectivity index (χ3n) is 2.67. The van der Waals surface area contributed by atoms with Gasteiger partial charge < -0.3 is 0 Å². The van der Waals surface area contributed by atoms with E-state index < -0.39 is 0 Å². The third kappa shape index (κ3) is 88.4. The average molecular weight is 533 g/mol. The Morgan fingerprint density at radius 2 is 0.256 bits per heavy atom. The molecule has 0 atom stereocenters. The van der Waals surface area contributed by atoms with Crippen LogP contribution in [0.1, 0.15) is 22.3 Å². The maximum Gasteiger partial charge on any atom is 0.231 e. The van der Waals surface area contributed by atoms with Crippen molar-refractivity contribution in [2.24, 2.45) is 0 Å². The van der Waals surface area contributed by atoms with Crippen LogP contribution in [0.4, 0.5) is 0 Å². The fourth-order valence-electron chi connectivity index (χ4n) is 1.54. The van der Waals surface area contributed by atoms with Crippen LogP contribution >= 0.6 is 0 Å².